The van der Waals surface area contributed by atoms with E-state index in [9.17, 15) is 4.79 Å². The molecule has 0 amide bonds. The van der Waals surface area contributed by atoms with Gasteiger partial charge in [0.05, 0.1) is 0 Å². The zero-order valence-electron chi connectivity index (χ0n) is 21.8. The van der Waals surface area contributed by atoms with Crippen LogP contribution >= 0.6 is 0 Å². The summed E-state index contributed by atoms with van der Waals surface area (Å²) in [6, 6.07) is 0. The fourth-order valence-corrected chi connectivity index (χ4v) is 9.46. The van der Waals surface area contributed by atoms with E-state index < -0.39 is 0 Å². The average Bonchev–Trinajstić information content (AvgIpc) is 3.13. The molecule has 0 saturated heterocycles. The molecule has 0 heterocycles. The first-order valence-electron chi connectivity index (χ1n) is 14.5. The number of hydrogen-bond acceptors (Lipinski definition) is 2. The smallest absolute Gasteiger partial charge is 0.133 e. The van der Waals surface area contributed by atoms with E-state index in [1.54, 1.807) is 0 Å². The number of hydrogen-bond donors (Lipinski definition) is 0. The van der Waals surface area contributed by atoms with Crippen LogP contribution in [-0.2, 0) is 9.53 Å². The highest BCUT2D eigenvalue weighted by molar-refractivity contribution is 5.79. The van der Waals surface area contributed by atoms with Crippen LogP contribution < -0.4 is 0 Å². The SMILES string of the molecule is CCCCCCOCCCC(C)[C@H]1CCC2C3CC[C@@H]4CC(=O)CC[C@]4(C)C3CC[C@@]21C. The number of carbonyl (C=O) groups excluding carboxylic acids is 1. The molecule has 4 aliphatic rings. The van der Waals surface area contributed by atoms with E-state index in [1.807, 2.05) is 0 Å². The number of carbonyl (C=O) groups is 1. The molecule has 0 aromatic rings. The van der Waals surface area contributed by atoms with Crippen LogP contribution in [0.15, 0.2) is 0 Å². The summed E-state index contributed by atoms with van der Waals surface area (Å²) < 4.78 is 5.94. The Bertz CT molecular complexity index is 628. The van der Waals surface area contributed by atoms with Gasteiger partial charge in [-0.25, -0.2) is 0 Å². The van der Waals surface area contributed by atoms with Crippen LogP contribution in [0.5, 0.6) is 0 Å². The highest BCUT2D eigenvalue weighted by Gasteiger charge is 2.60. The monoisotopic (exact) mass is 444 g/mol. The summed E-state index contributed by atoms with van der Waals surface area (Å²) in [5.41, 5.74) is 1.02. The van der Waals surface area contributed by atoms with Gasteiger partial charge in [0.25, 0.3) is 0 Å². The Morgan fingerprint density at radius 3 is 2.50 bits per heavy atom. The molecule has 4 rings (SSSR count). The van der Waals surface area contributed by atoms with Crippen molar-refractivity contribution in [2.45, 2.75) is 124 Å². The fraction of sp³-hybridized carbons (Fsp3) is 0.967. The summed E-state index contributed by atoms with van der Waals surface area (Å²) in [5.74, 6) is 5.76. The summed E-state index contributed by atoms with van der Waals surface area (Å²) in [6.45, 7) is 12.0. The number of rotatable bonds is 10. The van der Waals surface area contributed by atoms with Crippen molar-refractivity contribution in [1.29, 1.82) is 0 Å². The number of ketones is 1. The summed E-state index contributed by atoms with van der Waals surface area (Å²) in [7, 11) is 0. The van der Waals surface area contributed by atoms with Crippen molar-refractivity contribution in [1.82, 2.24) is 0 Å². The minimum Gasteiger partial charge on any atom is -0.381 e. The molecule has 0 spiro atoms. The van der Waals surface area contributed by atoms with Crippen molar-refractivity contribution in [2.75, 3.05) is 13.2 Å². The first-order chi connectivity index (χ1) is 15.4. The zero-order valence-corrected chi connectivity index (χ0v) is 21.8. The van der Waals surface area contributed by atoms with Gasteiger partial charge in [-0.3, -0.25) is 4.79 Å². The van der Waals surface area contributed by atoms with E-state index in [4.69, 9.17) is 4.74 Å². The van der Waals surface area contributed by atoms with Crippen LogP contribution in [0.1, 0.15) is 124 Å². The topological polar surface area (TPSA) is 26.3 Å². The summed E-state index contributed by atoms with van der Waals surface area (Å²) in [5, 5.41) is 0. The second-order valence-corrected chi connectivity index (χ2v) is 12.9. The van der Waals surface area contributed by atoms with E-state index >= 15 is 0 Å². The van der Waals surface area contributed by atoms with Gasteiger partial charge in [0.2, 0.25) is 0 Å². The molecule has 4 aliphatic carbocycles. The van der Waals surface area contributed by atoms with Gasteiger partial charge in [-0.2, -0.15) is 0 Å². The summed E-state index contributed by atoms with van der Waals surface area (Å²) in [4.78, 5) is 12.1. The molecule has 0 aromatic heterocycles. The van der Waals surface area contributed by atoms with E-state index in [2.05, 4.69) is 27.7 Å². The van der Waals surface area contributed by atoms with Crippen molar-refractivity contribution in [3.05, 3.63) is 0 Å². The Morgan fingerprint density at radius 1 is 0.906 bits per heavy atom. The standard InChI is InChI=1S/C30H52O2/c1-5-6-7-8-19-32-20-9-10-22(2)26-13-14-27-25-12-11-23-21-24(31)15-17-29(23,3)28(25)16-18-30(26,27)4/h22-23,25-28H,5-21H2,1-4H3/t22?,23-,25?,26-,27?,28?,29+,30-/m1/s1. The lowest BCUT2D eigenvalue weighted by Gasteiger charge is -2.60. The lowest BCUT2D eigenvalue weighted by molar-refractivity contribution is -0.140. The Labute approximate surface area is 199 Å². The number of Topliss-reactive ketones (excluding diaryl/α,β-unsaturated/α-hetero) is 1. The maximum atomic E-state index is 12.1. The number of unbranched alkanes of at least 4 members (excludes halogenated alkanes) is 3. The lowest BCUT2D eigenvalue weighted by Crippen LogP contribution is -2.53. The average molecular weight is 445 g/mol. The maximum Gasteiger partial charge on any atom is 0.133 e. The molecule has 0 N–H and O–H groups in total. The van der Waals surface area contributed by atoms with Crippen LogP contribution in [-0.4, -0.2) is 19.0 Å². The highest BCUT2D eigenvalue weighted by Crippen LogP contribution is 2.68. The molecular formula is C30H52O2. The Balaban J connectivity index is 1.29. The van der Waals surface area contributed by atoms with Crippen LogP contribution in [0.2, 0.25) is 0 Å². The molecule has 4 unspecified atom stereocenters. The van der Waals surface area contributed by atoms with Gasteiger partial charge < -0.3 is 4.74 Å². The van der Waals surface area contributed by atoms with Gasteiger partial charge in [0.1, 0.15) is 5.78 Å². The van der Waals surface area contributed by atoms with Crippen molar-refractivity contribution >= 4 is 5.78 Å². The van der Waals surface area contributed by atoms with Crippen molar-refractivity contribution in [3.63, 3.8) is 0 Å². The molecule has 4 fully saturated rings. The molecule has 0 aliphatic heterocycles. The number of ether oxygens (including phenoxy) is 1. The predicted molar refractivity (Wildman–Crippen MR) is 134 cm³/mol. The van der Waals surface area contributed by atoms with Crippen molar-refractivity contribution in [2.24, 2.45) is 46.3 Å². The number of fused-ring (bicyclic) bond motifs is 5. The Morgan fingerprint density at radius 2 is 1.69 bits per heavy atom. The summed E-state index contributed by atoms with van der Waals surface area (Å²) >= 11 is 0. The van der Waals surface area contributed by atoms with Gasteiger partial charge >= 0.3 is 0 Å². The lowest BCUT2D eigenvalue weighted by atomic mass is 9.44. The largest absolute Gasteiger partial charge is 0.381 e. The third-order valence-corrected chi connectivity index (χ3v) is 11.3. The normalized spacial score (nSPS) is 42.2. The fourth-order valence-electron chi connectivity index (χ4n) is 9.46. The molecule has 8 atom stereocenters. The zero-order chi connectivity index (χ0) is 22.8. The van der Waals surface area contributed by atoms with Crippen LogP contribution in [0.3, 0.4) is 0 Å². The minimum absolute atomic E-state index is 0.455. The van der Waals surface area contributed by atoms with Crippen LogP contribution in [0.25, 0.3) is 0 Å². The molecular weight excluding hydrogens is 392 g/mol. The molecule has 184 valence electrons. The van der Waals surface area contributed by atoms with Gasteiger partial charge in [0, 0.05) is 26.1 Å². The maximum absolute atomic E-state index is 12.1. The van der Waals surface area contributed by atoms with Crippen LogP contribution in [0, 0.1) is 46.3 Å². The van der Waals surface area contributed by atoms with Gasteiger partial charge in [0.15, 0.2) is 0 Å². The highest BCUT2D eigenvalue weighted by atomic mass is 16.5. The molecule has 0 bridgehead atoms. The van der Waals surface area contributed by atoms with E-state index in [0.29, 0.717) is 22.5 Å². The van der Waals surface area contributed by atoms with Gasteiger partial charge in [-0.05, 0) is 111 Å². The third kappa shape index (κ3) is 4.73. The predicted octanol–water partition coefficient (Wildman–Crippen LogP) is 8.23. The van der Waals surface area contributed by atoms with E-state index in [0.717, 1.165) is 55.6 Å². The van der Waals surface area contributed by atoms with Crippen molar-refractivity contribution in [3.8, 4) is 0 Å². The minimum atomic E-state index is 0.455. The first-order valence-corrected chi connectivity index (χ1v) is 14.5. The van der Waals surface area contributed by atoms with E-state index in [1.165, 1.54) is 83.5 Å². The van der Waals surface area contributed by atoms with Crippen LogP contribution in [0.4, 0.5) is 0 Å². The molecule has 0 aromatic carbocycles. The molecule has 32 heavy (non-hydrogen) atoms. The van der Waals surface area contributed by atoms with Gasteiger partial charge in [-0.15, -0.1) is 0 Å². The molecule has 4 saturated carbocycles. The second kappa shape index (κ2) is 10.5. The Hall–Kier alpha value is -0.370. The first kappa shape index (κ1) is 24.7. The Kier molecular flexibility index (Phi) is 8.11. The second-order valence-electron chi connectivity index (χ2n) is 12.9. The molecule has 2 nitrogen and oxygen atoms in total. The van der Waals surface area contributed by atoms with Gasteiger partial charge in [-0.1, -0.05) is 47.0 Å². The van der Waals surface area contributed by atoms with Crippen molar-refractivity contribution < 1.29 is 9.53 Å². The third-order valence-electron chi connectivity index (χ3n) is 11.3. The summed E-state index contributed by atoms with van der Waals surface area (Å²) in [6.07, 6.45) is 19.3. The molecule has 0 radical (unpaired) electrons. The van der Waals surface area contributed by atoms with E-state index in [-0.39, 0.29) is 0 Å². The molecule has 2 heteroatoms. The quantitative estimate of drug-likeness (QED) is 0.317.